The van der Waals surface area contributed by atoms with Gasteiger partial charge in [-0.1, -0.05) is 24.8 Å². The second kappa shape index (κ2) is 8.64. The minimum Gasteiger partial charge on any atom is -0.493 e. The normalized spacial score (nSPS) is 11.4. The summed E-state index contributed by atoms with van der Waals surface area (Å²) in [5.41, 5.74) is 0.612. The largest absolute Gasteiger partial charge is 0.493 e. The number of aromatic hydroxyl groups is 1. The van der Waals surface area contributed by atoms with E-state index in [0.717, 1.165) is 4.57 Å². The standard InChI is InChI=1S/C23H20N2O5/c1-14-19(22(28)25(9-4-10-26)23(29)20(14)13-24)12-18-7-8-21(30-18)17-6-3-5-16(11-17)15(2)27/h3,5-8,11-12,26,29H,1,4,9-10H2,2H3. The van der Waals surface area contributed by atoms with Gasteiger partial charge in [0, 0.05) is 29.5 Å². The summed E-state index contributed by atoms with van der Waals surface area (Å²) < 4.78 is 6.85. The predicted molar refractivity (Wildman–Crippen MR) is 111 cm³/mol. The van der Waals surface area contributed by atoms with Crippen LogP contribution in [0.2, 0.25) is 0 Å². The first-order valence-electron chi connectivity index (χ1n) is 9.26. The van der Waals surface area contributed by atoms with Crippen LogP contribution in [0.1, 0.15) is 35.0 Å². The fraction of sp³-hybridized carbons (Fsp3) is 0.174. The Labute approximate surface area is 172 Å². The molecule has 2 N–H and O–H groups in total. The zero-order valence-electron chi connectivity index (χ0n) is 16.4. The Morgan fingerprint density at radius 2 is 2.10 bits per heavy atom. The van der Waals surface area contributed by atoms with Gasteiger partial charge in [-0.2, -0.15) is 5.26 Å². The highest BCUT2D eigenvalue weighted by Gasteiger charge is 2.13. The van der Waals surface area contributed by atoms with E-state index < -0.39 is 11.4 Å². The number of aromatic nitrogens is 1. The van der Waals surface area contributed by atoms with Crippen LogP contribution in [-0.2, 0) is 6.54 Å². The average Bonchev–Trinajstić information content (AvgIpc) is 3.20. The van der Waals surface area contributed by atoms with Gasteiger partial charge < -0.3 is 14.6 Å². The number of pyridine rings is 1. The fourth-order valence-corrected chi connectivity index (χ4v) is 3.10. The molecule has 2 aromatic heterocycles. The number of aliphatic hydroxyl groups is 1. The number of hydrogen-bond donors (Lipinski definition) is 2. The Balaban J connectivity index is 2.14. The van der Waals surface area contributed by atoms with Gasteiger partial charge in [0.25, 0.3) is 5.56 Å². The highest BCUT2D eigenvalue weighted by Crippen LogP contribution is 2.23. The van der Waals surface area contributed by atoms with Crippen molar-refractivity contribution in [1.29, 1.82) is 5.26 Å². The minimum absolute atomic E-state index is 0.0538. The number of carbonyl (C=O) groups is 1. The van der Waals surface area contributed by atoms with E-state index >= 15 is 0 Å². The van der Waals surface area contributed by atoms with Crippen molar-refractivity contribution in [2.75, 3.05) is 6.61 Å². The van der Waals surface area contributed by atoms with Crippen molar-refractivity contribution >= 4 is 18.4 Å². The second-order valence-corrected chi connectivity index (χ2v) is 6.72. The van der Waals surface area contributed by atoms with E-state index in [9.17, 15) is 20.0 Å². The number of benzene rings is 1. The second-order valence-electron chi connectivity index (χ2n) is 6.72. The van der Waals surface area contributed by atoms with E-state index in [0.29, 0.717) is 22.6 Å². The molecule has 0 atom stereocenters. The molecule has 0 unspecified atom stereocenters. The molecule has 0 amide bonds. The van der Waals surface area contributed by atoms with Crippen LogP contribution >= 0.6 is 0 Å². The number of carbonyl (C=O) groups excluding carboxylic acids is 1. The Hall–Kier alpha value is -3.89. The van der Waals surface area contributed by atoms with Gasteiger partial charge in [-0.25, -0.2) is 0 Å². The molecule has 0 saturated carbocycles. The molecule has 7 heteroatoms. The third kappa shape index (κ3) is 3.95. The summed E-state index contributed by atoms with van der Waals surface area (Å²) >= 11 is 0. The molecule has 7 nitrogen and oxygen atoms in total. The summed E-state index contributed by atoms with van der Waals surface area (Å²) in [5, 5.41) is 28.9. The van der Waals surface area contributed by atoms with E-state index in [1.165, 1.54) is 13.0 Å². The highest BCUT2D eigenvalue weighted by molar-refractivity contribution is 5.95. The SMILES string of the molecule is C=c1c(C#N)c(O)n(CCCO)c(=O)c1=Cc1ccc(-c2cccc(C(C)=O)c2)o1. The number of ketones is 1. The smallest absolute Gasteiger partial charge is 0.261 e. The lowest BCUT2D eigenvalue weighted by Crippen LogP contribution is -2.46. The molecule has 0 saturated heterocycles. The molecule has 0 fully saturated rings. The van der Waals surface area contributed by atoms with Crippen LogP contribution in [0.15, 0.2) is 45.6 Å². The lowest BCUT2D eigenvalue weighted by molar-refractivity contribution is 0.101. The zero-order valence-corrected chi connectivity index (χ0v) is 16.4. The lowest BCUT2D eigenvalue weighted by atomic mass is 10.1. The molecule has 3 aromatic rings. The molecule has 0 radical (unpaired) electrons. The van der Waals surface area contributed by atoms with Gasteiger partial charge in [-0.3, -0.25) is 14.2 Å². The molecular weight excluding hydrogens is 384 g/mol. The number of rotatable bonds is 6. The molecule has 3 rings (SSSR count). The van der Waals surface area contributed by atoms with Crippen LogP contribution in [0.4, 0.5) is 0 Å². The Bertz CT molecular complexity index is 1330. The number of furan rings is 1. The third-order valence-electron chi connectivity index (χ3n) is 4.70. The molecule has 0 aliphatic carbocycles. The lowest BCUT2D eigenvalue weighted by Gasteiger charge is -2.09. The summed E-state index contributed by atoms with van der Waals surface area (Å²) in [6.45, 7) is 5.14. The summed E-state index contributed by atoms with van der Waals surface area (Å²) in [6, 6.07) is 12.2. The predicted octanol–water partition coefficient (Wildman–Crippen LogP) is 1.51. The first-order chi connectivity index (χ1) is 14.4. The summed E-state index contributed by atoms with van der Waals surface area (Å²) in [4.78, 5) is 24.4. The van der Waals surface area contributed by atoms with Crippen molar-refractivity contribution in [1.82, 2.24) is 4.57 Å². The summed E-state index contributed by atoms with van der Waals surface area (Å²) in [5.74, 6) is 0.325. The van der Waals surface area contributed by atoms with E-state index in [4.69, 9.17) is 9.52 Å². The number of nitriles is 1. The number of hydrogen-bond acceptors (Lipinski definition) is 6. The molecule has 0 aliphatic heterocycles. The topological polar surface area (TPSA) is 116 Å². The molecule has 2 heterocycles. The summed E-state index contributed by atoms with van der Waals surface area (Å²) in [6.07, 6.45) is 1.70. The van der Waals surface area contributed by atoms with Crippen LogP contribution in [0.25, 0.3) is 24.0 Å². The van der Waals surface area contributed by atoms with Gasteiger partial charge in [0.05, 0.1) is 5.22 Å². The molecule has 1 aromatic carbocycles. The Kier molecular flexibility index (Phi) is 6.00. The van der Waals surface area contributed by atoms with Crippen molar-refractivity contribution in [2.45, 2.75) is 19.9 Å². The van der Waals surface area contributed by atoms with Gasteiger partial charge in [0.15, 0.2) is 5.78 Å². The average molecular weight is 404 g/mol. The Morgan fingerprint density at radius 3 is 2.77 bits per heavy atom. The Morgan fingerprint density at radius 1 is 1.33 bits per heavy atom. The third-order valence-corrected chi connectivity index (χ3v) is 4.70. The first-order valence-corrected chi connectivity index (χ1v) is 9.26. The molecule has 0 bridgehead atoms. The van der Waals surface area contributed by atoms with E-state index in [1.807, 2.05) is 6.07 Å². The number of Topliss-reactive ketones (excluding diaryl/α,β-unsaturated/α-hetero) is 1. The fourth-order valence-electron chi connectivity index (χ4n) is 3.10. The molecular formula is C23H20N2O5. The first kappa shape index (κ1) is 20.8. The quantitative estimate of drug-likeness (QED) is 0.602. The monoisotopic (exact) mass is 404 g/mol. The molecule has 30 heavy (non-hydrogen) atoms. The van der Waals surface area contributed by atoms with Gasteiger partial charge in [0.2, 0.25) is 5.88 Å². The van der Waals surface area contributed by atoms with Crippen LogP contribution in [0.5, 0.6) is 5.88 Å². The van der Waals surface area contributed by atoms with Crippen molar-refractivity contribution < 1.29 is 19.4 Å². The zero-order chi connectivity index (χ0) is 21.8. The number of aliphatic hydroxyl groups excluding tert-OH is 1. The highest BCUT2D eigenvalue weighted by atomic mass is 16.3. The van der Waals surface area contributed by atoms with Crippen molar-refractivity contribution in [3.05, 3.63) is 74.1 Å². The van der Waals surface area contributed by atoms with Gasteiger partial charge in [-0.05, 0) is 37.6 Å². The maximum atomic E-state index is 12.8. The van der Waals surface area contributed by atoms with Crippen LogP contribution in [-0.4, -0.2) is 27.2 Å². The van der Waals surface area contributed by atoms with Crippen LogP contribution in [0, 0.1) is 11.3 Å². The van der Waals surface area contributed by atoms with Gasteiger partial charge in [0.1, 0.15) is 23.2 Å². The van der Waals surface area contributed by atoms with Gasteiger partial charge >= 0.3 is 0 Å². The van der Waals surface area contributed by atoms with Gasteiger partial charge in [-0.15, -0.1) is 0 Å². The maximum absolute atomic E-state index is 12.8. The van der Waals surface area contributed by atoms with Crippen molar-refractivity contribution in [3.63, 3.8) is 0 Å². The number of nitrogens with zero attached hydrogens (tertiary/aromatic N) is 2. The van der Waals surface area contributed by atoms with Crippen LogP contribution in [0.3, 0.4) is 0 Å². The van der Waals surface area contributed by atoms with Crippen LogP contribution < -0.4 is 16.0 Å². The summed E-state index contributed by atoms with van der Waals surface area (Å²) in [7, 11) is 0. The molecule has 0 aliphatic rings. The van der Waals surface area contributed by atoms with E-state index in [2.05, 4.69) is 6.58 Å². The van der Waals surface area contributed by atoms with E-state index in [-0.39, 0.29) is 41.4 Å². The molecule has 152 valence electrons. The minimum atomic E-state index is -0.540. The molecule has 0 spiro atoms. The maximum Gasteiger partial charge on any atom is 0.261 e. The van der Waals surface area contributed by atoms with E-state index in [1.54, 1.807) is 36.4 Å². The van der Waals surface area contributed by atoms with Crippen molar-refractivity contribution in [3.8, 4) is 23.3 Å². The van der Waals surface area contributed by atoms with Crippen molar-refractivity contribution in [2.24, 2.45) is 0 Å².